The van der Waals surface area contributed by atoms with Crippen LogP contribution in [0, 0.1) is 23.7 Å². The summed E-state index contributed by atoms with van der Waals surface area (Å²) in [5.41, 5.74) is 5.14. The third-order valence-electron chi connectivity index (χ3n) is 10.4. The number of phenolic OH excluding ortho intramolecular Hbond substituents is 1. The van der Waals surface area contributed by atoms with Gasteiger partial charge in [-0.2, -0.15) is 0 Å². The Labute approximate surface area is 267 Å². The number of primary amides is 1. The van der Waals surface area contributed by atoms with Gasteiger partial charge in [0.2, 0.25) is 5.78 Å². The molecule has 1 saturated carbocycles. The normalized spacial score (nSPS) is 27.0. The SMILES string of the molecule is COc1ccc(-c2ccc(O)c3c2C[C@H]2C[C@H]4[C@H](C(C)C)C(=O)C(C(N)=O)=C(O)[C@@]4(O)C(=O)C2=C3O)cc1CN1CCN(C)CC1. The summed E-state index contributed by atoms with van der Waals surface area (Å²) in [5.74, 6) is -7.08. The number of hydrogen-bond acceptors (Lipinski definition) is 10. The number of carbonyl (C=O) groups is 3. The Hall–Kier alpha value is -4.19. The number of rotatable bonds is 6. The van der Waals surface area contributed by atoms with Crippen molar-refractivity contribution in [2.24, 2.45) is 29.4 Å². The van der Waals surface area contributed by atoms with Gasteiger partial charge in [-0.15, -0.1) is 0 Å². The van der Waals surface area contributed by atoms with Crippen molar-refractivity contribution in [2.45, 2.75) is 38.8 Å². The number of ketones is 2. The predicted octanol–water partition coefficient (Wildman–Crippen LogP) is 2.73. The topological polar surface area (TPSA) is 174 Å². The molecule has 1 aliphatic heterocycles. The Bertz CT molecular complexity index is 1700. The maximum atomic E-state index is 14.2. The highest BCUT2D eigenvalue weighted by atomic mass is 16.5. The molecule has 11 nitrogen and oxygen atoms in total. The molecule has 3 aliphatic carbocycles. The van der Waals surface area contributed by atoms with Gasteiger partial charge in [0.25, 0.3) is 5.91 Å². The highest BCUT2D eigenvalue weighted by Crippen LogP contribution is 2.55. The van der Waals surface area contributed by atoms with Gasteiger partial charge >= 0.3 is 0 Å². The lowest BCUT2D eigenvalue weighted by atomic mass is 9.54. The van der Waals surface area contributed by atoms with Gasteiger partial charge in [0, 0.05) is 55.7 Å². The van der Waals surface area contributed by atoms with Crippen molar-refractivity contribution in [3.63, 3.8) is 0 Å². The quantitative estimate of drug-likeness (QED) is 0.298. The zero-order valence-corrected chi connectivity index (χ0v) is 26.5. The zero-order valence-electron chi connectivity index (χ0n) is 26.5. The van der Waals surface area contributed by atoms with Crippen molar-refractivity contribution in [3.8, 4) is 22.6 Å². The van der Waals surface area contributed by atoms with E-state index in [1.807, 2.05) is 18.2 Å². The lowest BCUT2D eigenvalue weighted by Gasteiger charge is -2.50. The van der Waals surface area contributed by atoms with Crippen molar-refractivity contribution >= 4 is 23.2 Å². The Morgan fingerprint density at radius 1 is 1.09 bits per heavy atom. The van der Waals surface area contributed by atoms with Crippen molar-refractivity contribution in [3.05, 3.63) is 63.9 Å². The van der Waals surface area contributed by atoms with Gasteiger partial charge < -0.3 is 35.8 Å². The molecule has 1 heterocycles. The lowest BCUT2D eigenvalue weighted by molar-refractivity contribution is -0.155. The van der Waals surface area contributed by atoms with Crippen LogP contribution >= 0.6 is 0 Å². The summed E-state index contributed by atoms with van der Waals surface area (Å²) in [4.78, 5) is 44.5. The fourth-order valence-corrected chi connectivity index (χ4v) is 8.07. The summed E-state index contributed by atoms with van der Waals surface area (Å²) in [7, 11) is 3.74. The van der Waals surface area contributed by atoms with E-state index in [1.54, 1.807) is 27.0 Å². The second kappa shape index (κ2) is 11.6. The molecule has 2 fully saturated rings. The van der Waals surface area contributed by atoms with Crippen molar-refractivity contribution < 1.29 is 39.5 Å². The third kappa shape index (κ3) is 4.80. The summed E-state index contributed by atoms with van der Waals surface area (Å²) in [6, 6.07) is 9.11. The van der Waals surface area contributed by atoms with Crippen LogP contribution in [0.3, 0.4) is 0 Å². The van der Waals surface area contributed by atoms with Crippen LogP contribution in [0.5, 0.6) is 11.5 Å². The minimum atomic E-state index is -2.63. The van der Waals surface area contributed by atoms with Gasteiger partial charge in [-0.1, -0.05) is 26.0 Å². The molecule has 46 heavy (non-hydrogen) atoms. The summed E-state index contributed by atoms with van der Waals surface area (Å²) < 4.78 is 5.69. The number of benzene rings is 2. The van der Waals surface area contributed by atoms with Crippen molar-refractivity contribution in [1.29, 1.82) is 0 Å². The number of amides is 1. The van der Waals surface area contributed by atoms with Crippen LogP contribution in [-0.2, 0) is 27.3 Å². The number of nitrogens with zero attached hydrogens (tertiary/aromatic N) is 2. The van der Waals surface area contributed by atoms with E-state index in [9.17, 15) is 34.8 Å². The Balaban J connectivity index is 1.46. The number of fused-ring (bicyclic) bond motifs is 3. The number of phenols is 1. The monoisotopic (exact) mass is 631 g/mol. The van der Waals surface area contributed by atoms with Gasteiger partial charge in [-0.3, -0.25) is 19.3 Å². The van der Waals surface area contributed by atoms with E-state index < -0.39 is 63.8 Å². The van der Waals surface area contributed by atoms with E-state index in [2.05, 4.69) is 16.8 Å². The number of methoxy groups -OCH3 is 1. The molecule has 244 valence electrons. The van der Waals surface area contributed by atoms with Crippen LogP contribution in [0.1, 0.15) is 37.0 Å². The number of Topliss-reactive ketones (excluding diaryl/α,β-unsaturated/α-hetero) is 2. The smallest absolute Gasteiger partial charge is 0.255 e. The number of likely N-dealkylation sites (N-methyl/N-ethyl adjacent to an activating group) is 1. The van der Waals surface area contributed by atoms with Gasteiger partial charge in [0.15, 0.2) is 11.4 Å². The molecule has 1 amide bonds. The highest BCUT2D eigenvalue weighted by Gasteiger charge is 2.64. The lowest BCUT2D eigenvalue weighted by Crippen LogP contribution is -2.62. The summed E-state index contributed by atoms with van der Waals surface area (Å²) in [6.07, 6.45) is 0.293. The molecule has 11 heteroatoms. The first kappa shape index (κ1) is 31.8. The largest absolute Gasteiger partial charge is 0.508 e. The number of nitrogens with two attached hydrogens (primary N) is 1. The van der Waals surface area contributed by atoms with E-state index in [0.717, 1.165) is 48.6 Å². The second-order valence-corrected chi connectivity index (χ2v) is 13.4. The molecule has 4 atom stereocenters. The molecule has 2 aromatic rings. The number of aromatic hydroxyl groups is 1. The highest BCUT2D eigenvalue weighted by molar-refractivity contribution is 6.23. The maximum Gasteiger partial charge on any atom is 0.255 e. The van der Waals surface area contributed by atoms with Gasteiger partial charge in [0.1, 0.15) is 28.6 Å². The minimum absolute atomic E-state index is 0.0676. The molecule has 0 bridgehead atoms. The van der Waals surface area contributed by atoms with Crippen molar-refractivity contribution in [2.75, 3.05) is 40.3 Å². The Morgan fingerprint density at radius 2 is 1.78 bits per heavy atom. The molecular formula is C35H41N3O8. The van der Waals surface area contributed by atoms with Gasteiger partial charge in [-0.05, 0) is 66.6 Å². The number of hydrogen-bond donors (Lipinski definition) is 5. The van der Waals surface area contributed by atoms with E-state index in [1.165, 1.54) is 6.07 Å². The zero-order chi connectivity index (χ0) is 33.2. The number of piperazine rings is 1. The fourth-order valence-electron chi connectivity index (χ4n) is 8.07. The van der Waals surface area contributed by atoms with E-state index in [0.29, 0.717) is 12.1 Å². The minimum Gasteiger partial charge on any atom is -0.508 e. The van der Waals surface area contributed by atoms with Crippen LogP contribution in [0.15, 0.2) is 47.2 Å². The first-order valence-electron chi connectivity index (χ1n) is 15.7. The summed E-state index contributed by atoms with van der Waals surface area (Å²) >= 11 is 0. The number of aliphatic hydroxyl groups is 3. The molecular weight excluding hydrogens is 590 g/mol. The van der Waals surface area contributed by atoms with Gasteiger partial charge in [-0.25, -0.2) is 0 Å². The van der Waals surface area contributed by atoms with E-state index in [4.69, 9.17) is 10.5 Å². The predicted molar refractivity (Wildman–Crippen MR) is 170 cm³/mol. The average Bonchev–Trinajstić information content (AvgIpc) is 3.00. The fraction of sp³-hybridized carbons (Fsp3) is 0.457. The van der Waals surface area contributed by atoms with Crippen LogP contribution in [0.4, 0.5) is 0 Å². The molecule has 4 aliphatic rings. The molecule has 6 rings (SSSR count). The molecule has 0 radical (unpaired) electrons. The Kier molecular flexibility index (Phi) is 7.98. The third-order valence-corrected chi connectivity index (χ3v) is 10.4. The Morgan fingerprint density at radius 3 is 2.41 bits per heavy atom. The van der Waals surface area contributed by atoms with Crippen LogP contribution in [0.25, 0.3) is 16.9 Å². The van der Waals surface area contributed by atoms with Crippen LogP contribution in [0.2, 0.25) is 0 Å². The average molecular weight is 632 g/mol. The first-order chi connectivity index (χ1) is 21.8. The molecule has 0 unspecified atom stereocenters. The number of ether oxygens (including phenoxy) is 1. The van der Waals surface area contributed by atoms with Crippen LogP contribution < -0.4 is 10.5 Å². The second-order valence-electron chi connectivity index (χ2n) is 13.4. The summed E-state index contributed by atoms with van der Waals surface area (Å²) in [5, 5.41) is 45.6. The summed E-state index contributed by atoms with van der Waals surface area (Å²) in [6.45, 7) is 7.97. The molecule has 1 saturated heterocycles. The standard InChI is InChI=1S/C35H41N3O8/c1-17(2)26-23-15-19-14-22-21(18-5-8-25(46-4)20(13-18)16-38-11-9-37(3)10-12-38)6-7-24(39)28(22)31(41)27(19)32(42)35(23,45)33(43)29(30(26)40)34(36)44/h5-8,13,17,19,23,26,39,41,43,45H,9-12,14-16H2,1-4H3,(H2,36,44)/t19-,23-,26-,35-/m0/s1. The molecule has 2 aromatic carbocycles. The van der Waals surface area contributed by atoms with Crippen LogP contribution in [-0.4, -0.2) is 93.6 Å². The van der Waals surface area contributed by atoms with Gasteiger partial charge in [0.05, 0.1) is 12.7 Å². The van der Waals surface area contributed by atoms with E-state index in [-0.39, 0.29) is 29.7 Å². The van der Waals surface area contributed by atoms with E-state index >= 15 is 0 Å². The number of aliphatic hydroxyl groups excluding tert-OH is 2. The maximum absolute atomic E-state index is 14.2. The number of carbonyl (C=O) groups excluding carboxylic acids is 3. The molecule has 0 aromatic heterocycles. The first-order valence-corrected chi connectivity index (χ1v) is 15.7. The van der Waals surface area contributed by atoms with Crippen molar-refractivity contribution in [1.82, 2.24) is 9.80 Å². The molecule has 6 N–H and O–H groups in total. The molecule has 0 spiro atoms.